The summed E-state index contributed by atoms with van der Waals surface area (Å²) in [5.74, 6) is 4.70. The zero-order valence-electron chi connectivity index (χ0n) is 12.2. The smallest absolute Gasteiger partial charge is 0.137 e. The molecule has 20 heavy (non-hydrogen) atoms. The van der Waals surface area contributed by atoms with Crippen LogP contribution in [0.25, 0.3) is 0 Å². The molecule has 5 heteroatoms. The second-order valence-corrected chi connectivity index (χ2v) is 5.56. The Bertz CT molecular complexity index is 631. The van der Waals surface area contributed by atoms with Gasteiger partial charge in [0, 0.05) is 18.5 Å². The molecular weight excluding hydrogens is 252 g/mol. The molecule has 2 aromatic heterocycles. The van der Waals surface area contributed by atoms with Gasteiger partial charge in [0.25, 0.3) is 0 Å². The number of nitrogen functional groups attached to an aromatic ring is 1. The summed E-state index contributed by atoms with van der Waals surface area (Å²) in [7, 11) is 2.00. The van der Waals surface area contributed by atoms with Crippen molar-refractivity contribution in [3.05, 3.63) is 35.0 Å². The highest BCUT2D eigenvalue weighted by Crippen LogP contribution is 2.39. The largest absolute Gasteiger partial charge is 0.464 e. The molecule has 106 valence electrons. The van der Waals surface area contributed by atoms with Crippen LogP contribution in [-0.2, 0) is 6.54 Å². The highest BCUT2D eigenvalue weighted by Gasteiger charge is 2.28. The average Bonchev–Trinajstić information content (AvgIpc) is 3.17. The van der Waals surface area contributed by atoms with Crippen molar-refractivity contribution < 1.29 is 4.42 Å². The fourth-order valence-electron chi connectivity index (χ4n) is 2.31. The fourth-order valence-corrected chi connectivity index (χ4v) is 2.31. The normalized spacial score (nSPS) is 14.6. The Balaban J connectivity index is 1.87. The Hall–Kier alpha value is -2.04. The van der Waals surface area contributed by atoms with Gasteiger partial charge in [0.05, 0.1) is 6.54 Å². The number of aromatic nitrogens is 2. The molecule has 1 fully saturated rings. The van der Waals surface area contributed by atoms with Gasteiger partial charge >= 0.3 is 0 Å². The van der Waals surface area contributed by atoms with E-state index in [1.807, 2.05) is 33.0 Å². The lowest BCUT2D eigenvalue weighted by molar-refractivity contribution is 0.481. The number of nitrogens with two attached hydrogens (primary N) is 1. The minimum Gasteiger partial charge on any atom is -0.464 e. The molecule has 3 rings (SSSR count). The first-order chi connectivity index (χ1) is 9.54. The van der Waals surface area contributed by atoms with Crippen molar-refractivity contribution in [2.24, 2.45) is 0 Å². The second-order valence-electron chi connectivity index (χ2n) is 5.56. The van der Waals surface area contributed by atoms with E-state index in [4.69, 9.17) is 15.1 Å². The van der Waals surface area contributed by atoms with Gasteiger partial charge < -0.3 is 15.1 Å². The second kappa shape index (κ2) is 4.81. The molecule has 0 atom stereocenters. The number of hydrogen-bond acceptors (Lipinski definition) is 5. The van der Waals surface area contributed by atoms with Crippen LogP contribution in [0, 0.1) is 13.8 Å². The van der Waals surface area contributed by atoms with E-state index in [0.29, 0.717) is 18.3 Å². The van der Waals surface area contributed by atoms with Gasteiger partial charge in [-0.25, -0.2) is 9.97 Å². The molecule has 0 radical (unpaired) electrons. The van der Waals surface area contributed by atoms with Gasteiger partial charge in [-0.2, -0.15) is 0 Å². The molecular formula is C15H20N4O. The van der Waals surface area contributed by atoms with Crippen molar-refractivity contribution in [2.45, 2.75) is 39.2 Å². The van der Waals surface area contributed by atoms with Crippen molar-refractivity contribution in [1.82, 2.24) is 9.97 Å². The van der Waals surface area contributed by atoms with Gasteiger partial charge in [0.2, 0.25) is 0 Å². The van der Waals surface area contributed by atoms with Gasteiger partial charge in [-0.05, 0) is 38.8 Å². The molecule has 5 nitrogen and oxygen atoms in total. The van der Waals surface area contributed by atoms with E-state index in [1.165, 1.54) is 12.8 Å². The summed E-state index contributed by atoms with van der Waals surface area (Å²) < 4.78 is 5.62. The van der Waals surface area contributed by atoms with E-state index in [0.717, 1.165) is 28.7 Å². The van der Waals surface area contributed by atoms with Gasteiger partial charge in [-0.15, -0.1) is 0 Å². The Morgan fingerprint density at radius 2 is 2.05 bits per heavy atom. The molecule has 0 aromatic carbocycles. The minimum atomic E-state index is 0.496. The average molecular weight is 272 g/mol. The van der Waals surface area contributed by atoms with Gasteiger partial charge in [0.15, 0.2) is 0 Å². The number of furan rings is 1. The molecule has 0 spiro atoms. The van der Waals surface area contributed by atoms with E-state index >= 15 is 0 Å². The van der Waals surface area contributed by atoms with Crippen LogP contribution in [0.1, 0.15) is 41.7 Å². The zero-order valence-corrected chi connectivity index (χ0v) is 12.2. The lowest BCUT2D eigenvalue weighted by Gasteiger charge is -2.20. The molecule has 1 aliphatic rings. The Kier molecular flexibility index (Phi) is 3.12. The van der Waals surface area contributed by atoms with Crippen LogP contribution in [0.15, 0.2) is 16.5 Å². The van der Waals surface area contributed by atoms with Gasteiger partial charge in [0.1, 0.15) is 29.0 Å². The fraction of sp³-hybridized carbons (Fsp3) is 0.467. The maximum atomic E-state index is 6.02. The summed E-state index contributed by atoms with van der Waals surface area (Å²) in [5.41, 5.74) is 6.95. The molecule has 0 amide bonds. The number of hydrogen-bond donors (Lipinski definition) is 1. The quantitative estimate of drug-likeness (QED) is 0.927. The Morgan fingerprint density at radius 3 is 2.65 bits per heavy atom. The van der Waals surface area contributed by atoms with Crippen LogP contribution in [0.4, 0.5) is 11.6 Å². The highest BCUT2D eigenvalue weighted by atomic mass is 16.3. The number of nitrogens with zero attached hydrogens (tertiary/aromatic N) is 3. The summed E-state index contributed by atoms with van der Waals surface area (Å²) in [4.78, 5) is 11.2. The summed E-state index contributed by atoms with van der Waals surface area (Å²) in [6, 6.07) is 3.97. The monoisotopic (exact) mass is 272 g/mol. The number of rotatable bonds is 4. The van der Waals surface area contributed by atoms with Crippen LogP contribution in [0.2, 0.25) is 0 Å². The van der Waals surface area contributed by atoms with Crippen LogP contribution in [0.5, 0.6) is 0 Å². The first kappa shape index (κ1) is 13.0. The van der Waals surface area contributed by atoms with Crippen molar-refractivity contribution in [2.75, 3.05) is 17.7 Å². The van der Waals surface area contributed by atoms with E-state index in [1.54, 1.807) is 0 Å². The predicted molar refractivity (Wildman–Crippen MR) is 78.7 cm³/mol. The van der Waals surface area contributed by atoms with E-state index < -0.39 is 0 Å². The van der Waals surface area contributed by atoms with Crippen molar-refractivity contribution in [3.63, 3.8) is 0 Å². The molecule has 1 saturated carbocycles. The van der Waals surface area contributed by atoms with E-state index in [9.17, 15) is 0 Å². The third-order valence-corrected chi connectivity index (χ3v) is 3.67. The Labute approximate surface area is 118 Å². The van der Waals surface area contributed by atoms with Crippen LogP contribution in [-0.4, -0.2) is 17.0 Å². The molecule has 0 bridgehead atoms. The standard InChI is InChI=1S/C15H20N4O/c1-9-4-7-12(20-9)8-19(3)15-10(2)13(16)17-14(18-15)11-5-6-11/h4,7,11H,5-6,8H2,1-3H3,(H2,16,17,18). The first-order valence-corrected chi connectivity index (χ1v) is 6.95. The van der Waals surface area contributed by atoms with Crippen molar-refractivity contribution in [1.29, 1.82) is 0 Å². The molecule has 2 N–H and O–H groups in total. The van der Waals surface area contributed by atoms with Crippen LogP contribution < -0.4 is 10.6 Å². The summed E-state index contributed by atoms with van der Waals surface area (Å²) in [6.07, 6.45) is 2.34. The zero-order chi connectivity index (χ0) is 14.3. The first-order valence-electron chi connectivity index (χ1n) is 6.95. The molecule has 1 aliphatic carbocycles. The van der Waals surface area contributed by atoms with Gasteiger partial charge in [-0.3, -0.25) is 0 Å². The lowest BCUT2D eigenvalue weighted by Crippen LogP contribution is -2.20. The SMILES string of the molecule is Cc1ccc(CN(C)c2nc(C3CC3)nc(N)c2C)o1. The minimum absolute atomic E-state index is 0.496. The number of anilines is 2. The van der Waals surface area contributed by atoms with E-state index in [-0.39, 0.29) is 0 Å². The predicted octanol–water partition coefficient (Wildman–Crippen LogP) is 2.78. The van der Waals surface area contributed by atoms with Crippen molar-refractivity contribution in [3.8, 4) is 0 Å². The molecule has 2 heterocycles. The summed E-state index contributed by atoms with van der Waals surface area (Å²) in [5, 5.41) is 0. The Morgan fingerprint density at radius 1 is 1.30 bits per heavy atom. The summed E-state index contributed by atoms with van der Waals surface area (Å²) in [6.45, 7) is 4.59. The molecule has 2 aromatic rings. The van der Waals surface area contributed by atoms with Crippen LogP contribution >= 0.6 is 0 Å². The van der Waals surface area contributed by atoms with E-state index in [2.05, 4.69) is 9.88 Å². The number of aryl methyl sites for hydroxylation is 1. The van der Waals surface area contributed by atoms with Gasteiger partial charge in [-0.1, -0.05) is 0 Å². The van der Waals surface area contributed by atoms with Crippen molar-refractivity contribution >= 4 is 11.6 Å². The maximum absolute atomic E-state index is 6.02. The molecule has 0 saturated heterocycles. The van der Waals surface area contributed by atoms with Crippen LogP contribution in [0.3, 0.4) is 0 Å². The summed E-state index contributed by atoms with van der Waals surface area (Å²) >= 11 is 0. The molecule has 0 aliphatic heterocycles. The lowest BCUT2D eigenvalue weighted by atomic mass is 10.2. The topological polar surface area (TPSA) is 68.2 Å². The maximum Gasteiger partial charge on any atom is 0.137 e. The third kappa shape index (κ3) is 2.48. The molecule has 0 unspecified atom stereocenters. The third-order valence-electron chi connectivity index (χ3n) is 3.67. The highest BCUT2D eigenvalue weighted by molar-refractivity contribution is 5.56.